The van der Waals surface area contributed by atoms with Gasteiger partial charge in [-0.2, -0.15) is 0 Å². The van der Waals surface area contributed by atoms with Crippen molar-refractivity contribution in [2.24, 2.45) is 4.99 Å². The zero-order chi connectivity index (χ0) is 21.3. The van der Waals surface area contributed by atoms with Crippen LogP contribution in [0.1, 0.15) is 6.92 Å². The number of rotatable bonds is 6. The van der Waals surface area contributed by atoms with Crippen molar-refractivity contribution in [1.82, 2.24) is 0 Å². The van der Waals surface area contributed by atoms with E-state index in [1.165, 1.54) is 11.1 Å². The minimum absolute atomic E-state index is 0.794. The number of hydrogen-bond donors (Lipinski definition) is 0. The molecule has 4 rings (SSSR count). The highest BCUT2D eigenvalue weighted by Gasteiger charge is 2.07. The highest BCUT2D eigenvalue weighted by molar-refractivity contribution is 8.14. The monoisotopic (exact) mass is 421 g/mol. The summed E-state index contributed by atoms with van der Waals surface area (Å²) in [5, 5.41) is 0.901. The highest BCUT2D eigenvalue weighted by atomic mass is 32.2. The number of hydrogen-bond acceptors (Lipinski definition) is 3. The molecule has 0 aromatic heterocycles. The lowest BCUT2D eigenvalue weighted by atomic mass is 10.1. The third-order valence-electron chi connectivity index (χ3n) is 4.62. The van der Waals surface area contributed by atoms with E-state index in [9.17, 15) is 0 Å². The molecule has 0 amide bonds. The zero-order valence-corrected chi connectivity index (χ0v) is 18.1. The Bertz CT molecular complexity index is 1150. The van der Waals surface area contributed by atoms with Crippen LogP contribution in [0, 0.1) is 0 Å². The molecule has 0 saturated carbocycles. The normalized spacial score (nSPS) is 11.9. The van der Waals surface area contributed by atoms with Crippen LogP contribution in [0.4, 0.5) is 5.69 Å². The van der Waals surface area contributed by atoms with Crippen molar-refractivity contribution in [2.45, 2.75) is 11.8 Å². The number of aliphatic imine (C=N–C) groups is 1. The molecular formula is C28H23NOS. The van der Waals surface area contributed by atoms with Crippen molar-refractivity contribution in [3.8, 4) is 16.9 Å². The summed E-state index contributed by atoms with van der Waals surface area (Å²) in [6.07, 6.45) is 1.77. The van der Waals surface area contributed by atoms with E-state index in [4.69, 9.17) is 9.73 Å². The molecule has 0 heterocycles. The Labute approximate surface area is 188 Å². The van der Waals surface area contributed by atoms with E-state index in [1.807, 2.05) is 85.8 Å². The molecule has 152 valence electrons. The first-order valence-corrected chi connectivity index (χ1v) is 11.0. The Morgan fingerprint density at radius 1 is 0.677 bits per heavy atom. The van der Waals surface area contributed by atoms with Gasteiger partial charge in [-0.1, -0.05) is 90.6 Å². The predicted octanol–water partition coefficient (Wildman–Crippen LogP) is 8.16. The molecule has 0 fully saturated rings. The Hall–Kier alpha value is -3.56. The van der Waals surface area contributed by atoms with E-state index in [2.05, 4.69) is 36.4 Å². The van der Waals surface area contributed by atoms with Crippen molar-refractivity contribution < 1.29 is 4.74 Å². The van der Waals surface area contributed by atoms with Gasteiger partial charge < -0.3 is 4.74 Å². The van der Waals surface area contributed by atoms with Crippen LogP contribution in [0.3, 0.4) is 0 Å². The maximum Gasteiger partial charge on any atom is 0.126 e. The topological polar surface area (TPSA) is 21.6 Å². The minimum Gasteiger partial charge on any atom is -0.465 e. The Morgan fingerprint density at radius 3 is 1.87 bits per heavy atom. The summed E-state index contributed by atoms with van der Waals surface area (Å²) in [6.45, 7) is 2.02. The Balaban J connectivity index is 1.53. The summed E-state index contributed by atoms with van der Waals surface area (Å²) >= 11 is 1.63. The van der Waals surface area contributed by atoms with Gasteiger partial charge in [0.05, 0.1) is 11.9 Å². The van der Waals surface area contributed by atoms with Crippen LogP contribution in [0.15, 0.2) is 137 Å². The lowest BCUT2D eigenvalue weighted by Crippen LogP contribution is -1.97. The molecule has 2 nitrogen and oxygen atoms in total. The first-order valence-electron chi connectivity index (χ1n) is 10.1. The summed E-state index contributed by atoms with van der Waals surface area (Å²) < 4.78 is 5.96. The van der Waals surface area contributed by atoms with Gasteiger partial charge in [0.1, 0.15) is 10.8 Å². The van der Waals surface area contributed by atoms with E-state index in [0.29, 0.717) is 0 Å². The van der Waals surface area contributed by atoms with E-state index >= 15 is 0 Å². The smallest absolute Gasteiger partial charge is 0.126 e. The molecular weight excluding hydrogens is 398 g/mol. The third-order valence-corrected chi connectivity index (χ3v) is 5.73. The fraction of sp³-hybridized carbons (Fsp3) is 0.0357. The largest absolute Gasteiger partial charge is 0.465 e. The SMILES string of the molecule is CC(=COc1ccc(-c2ccccc2)cc1)C(=Nc1ccccc1)Sc1ccccc1. The van der Waals surface area contributed by atoms with Gasteiger partial charge in [-0.3, -0.25) is 0 Å². The quantitative estimate of drug-likeness (QED) is 0.136. The molecule has 0 aliphatic rings. The van der Waals surface area contributed by atoms with Gasteiger partial charge in [-0.05, 0) is 54.4 Å². The summed E-state index contributed by atoms with van der Waals surface area (Å²) in [4.78, 5) is 5.99. The fourth-order valence-corrected chi connectivity index (χ4v) is 3.85. The lowest BCUT2D eigenvalue weighted by molar-refractivity contribution is 0.478. The second-order valence-corrected chi connectivity index (χ2v) is 8.04. The molecule has 0 unspecified atom stereocenters. The van der Waals surface area contributed by atoms with Gasteiger partial charge in [0.2, 0.25) is 0 Å². The average molecular weight is 422 g/mol. The molecule has 0 N–H and O–H groups in total. The van der Waals surface area contributed by atoms with E-state index in [-0.39, 0.29) is 0 Å². The van der Waals surface area contributed by atoms with Crippen molar-refractivity contribution in [3.63, 3.8) is 0 Å². The Kier molecular flexibility index (Phi) is 6.99. The van der Waals surface area contributed by atoms with Crippen LogP contribution < -0.4 is 4.74 Å². The van der Waals surface area contributed by atoms with Crippen LogP contribution in [0.5, 0.6) is 5.75 Å². The first-order chi connectivity index (χ1) is 15.3. The van der Waals surface area contributed by atoms with Crippen molar-refractivity contribution in [2.75, 3.05) is 0 Å². The van der Waals surface area contributed by atoms with Gasteiger partial charge >= 0.3 is 0 Å². The maximum absolute atomic E-state index is 5.96. The van der Waals surface area contributed by atoms with Crippen molar-refractivity contribution in [3.05, 3.63) is 127 Å². The van der Waals surface area contributed by atoms with Gasteiger partial charge in [0.25, 0.3) is 0 Å². The molecule has 0 atom stereocenters. The molecule has 4 aromatic carbocycles. The van der Waals surface area contributed by atoms with E-state index in [1.54, 1.807) is 18.0 Å². The second-order valence-electron chi connectivity index (χ2n) is 6.98. The lowest BCUT2D eigenvalue weighted by Gasteiger charge is -2.09. The standard InChI is InChI=1S/C28H23NOS/c1-22(21-30-26-19-17-24(18-20-26)23-11-5-2-6-12-23)28(29-25-13-7-3-8-14-25)31-27-15-9-4-10-16-27/h2-21H,1H3. The van der Waals surface area contributed by atoms with Crippen molar-refractivity contribution in [1.29, 1.82) is 0 Å². The van der Waals surface area contributed by atoms with Crippen LogP contribution in [0.25, 0.3) is 11.1 Å². The van der Waals surface area contributed by atoms with Crippen LogP contribution in [-0.2, 0) is 0 Å². The van der Waals surface area contributed by atoms with Gasteiger partial charge in [0.15, 0.2) is 0 Å². The predicted molar refractivity (Wildman–Crippen MR) is 132 cm³/mol. The number of thioether (sulfide) groups is 1. The first kappa shape index (κ1) is 20.7. The number of nitrogens with zero attached hydrogens (tertiary/aromatic N) is 1. The minimum atomic E-state index is 0.794. The summed E-state index contributed by atoms with van der Waals surface area (Å²) in [5.74, 6) is 0.794. The van der Waals surface area contributed by atoms with E-state index in [0.717, 1.165) is 26.9 Å². The number of para-hydroxylation sites is 1. The Morgan fingerprint density at radius 2 is 1.23 bits per heavy atom. The van der Waals surface area contributed by atoms with Crippen molar-refractivity contribution >= 4 is 22.5 Å². The second kappa shape index (κ2) is 10.5. The van der Waals surface area contributed by atoms with Gasteiger partial charge in [-0.25, -0.2) is 4.99 Å². The van der Waals surface area contributed by atoms with Gasteiger partial charge in [-0.15, -0.1) is 0 Å². The molecule has 4 aromatic rings. The molecule has 0 aliphatic heterocycles. The molecule has 0 bridgehead atoms. The fourth-order valence-electron chi connectivity index (χ4n) is 2.97. The van der Waals surface area contributed by atoms with Gasteiger partial charge in [0, 0.05) is 10.5 Å². The molecule has 0 aliphatic carbocycles. The number of benzene rings is 4. The molecule has 0 radical (unpaired) electrons. The molecule has 3 heteroatoms. The maximum atomic E-state index is 5.96. The van der Waals surface area contributed by atoms with Crippen LogP contribution in [-0.4, -0.2) is 5.04 Å². The molecule has 0 spiro atoms. The summed E-state index contributed by atoms with van der Waals surface area (Å²) in [6, 6.07) is 38.7. The highest BCUT2D eigenvalue weighted by Crippen LogP contribution is 2.27. The van der Waals surface area contributed by atoms with Crippen LogP contribution in [0.2, 0.25) is 0 Å². The molecule has 31 heavy (non-hydrogen) atoms. The zero-order valence-electron chi connectivity index (χ0n) is 17.3. The summed E-state index contributed by atoms with van der Waals surface area (Å²) in [5.41, 5.74) is 4.24. The summed E-state index contributed by atoms with van der Waals surface area (Å²) in [7, 11) is 0. The molecule has 0 saturated heterocycles. The van der Waals surface area contributed by atoms with Crippen LogP contribution >= 0.6 is 11.8 Å². The van der Waals surface area contributed by atoms with E-state index < -0.39 is 0 Å². The average Bonchev–Trinajstić information content (AvgIpc) is 2.84. The third kappa shape index (κ3) is 5.97. The number of ether oxygens (including phenoxy) is 1.